The third kappa shape index (κ3) is 5.23. The Balaban J connectivity index is 1.48. The molecule has 3 aromatic carbocycles. The van der Waals surface area contributed by atoms with Crippen LogP contribution in [0.3, 0.4) is 0 Å². The first-order valence-corrected chi connectivity index (χ1v) is 13.4. The van der Waals surface area contributed by atoms with Crippen LogP contribution in [-0.2, 0) is 11.3 Å². The molecule has 2 aliphatic heterocycles. The van der Waals surface area contributed by atoms with Gasteiger partial charge in [-0.05, 0) is 48.4 Å². The molecule has 8 nitrogen and oxygen atoms in total. The van der Waals surface area contributed by atoms with E-state index in [2.05, 4.69) is 15.3 Å². The largest absolute Gasteiger partial charge is 0.506 e. The van der Waals surface area contributed by atoms with Gasteiger partial charge in [0.05, 0.1) is 24.2 Å². The number of aromatic nitrogens is 2. The third-order valence-corrected chi connectivity index (χ3v) is 7.20. The summed E-state index contributed by atoms with van der Waals surface area (Å²) in [6, 6.07) is 14.1. The average Bonchev–Trinajstić information content (AvgIpc) is 3.10. The van der Waals surface area contributed by atoms with Crippen molar-refractivity contribution < 1.29 is 28.2 Å². The summed E-state index contributed by atoms with van der Waals surface area (Å²) in [6.45, 7) is 4.45. The highest BCUT2D eigenvalue weighted by atomic mass is 19.1. The average molecular weight is 571 g/mol. The van der Waals surface area contributed by atoms with Gasteiger partial charge in [0.25, 0.3) is 5.91 Å². The molecule has 0 aliphatic carbocycles. The zero-order chi connectivity index (χ0) is 29.4. The Bertz CT molecular complexity index is 1690. The molecule has 1 atom stereocenters. The summed E-state index contributed by atoms with van der Waals surface area (Å²) in [7, 11) is 0. The van der Waals surface area contributed by atoms with Crippen molar-refractivity contribution in [3.63, 3.8) is 0 Å². The second-order valence-corrected chi connectivity index (χ2v) is 11.0. The maximum Gasteiger partial charge on any atom is 0.279 e. The molecular formula is C32H28F2N4O4. The van der Waals surface area contributed by atoms with Crippen LogP contribution >= 0.6 is 0 Å². The van der Waals surface area contributed by atoms with Crippen LogP contribution in [0.5, 0.6) is 11.5 Å². The molecule has 2 aliphatic rings. The molecule has 0 radical (unpaired) electrons. The minimum absolute atomic E-state index is 0.0347. The van der Waals surface area contributed by atoms with Gasteiger partial charge in [-0.25, -0.2) is 13.8 Å². The Morgan fingerprint density at radius 1 is 1.14 bits per heavy atom. The van der Waals surface area contributed by atoms with E-state index in [1.165, 1.54) is 47.8 Å². The van der Waals surface area contributed by atoms with Crippen LogP contribution in [0.4, 0.5) is 20.2 Å². The number of hydrogen-bond acceptors (Lipinski definition) is 7. The summed E-state index contributed by atoms with van der Waals surface area (Å²) in [6.07, 6.45) is 4.71. The SMILES string of the molecule is CC1(C)COC2=C(C1)Nc1c(O)cccc1N(C(=O)c1cnccn1)C2c1ccc(OCc2cccc(F)c2)cc1F. The highest BCUT2D eigenvalue weighted by Gasteiger charge is 2.43. The lowest BCUT2D eigenvalue weighted by molar-refractivity contribution is 0.0756. The number of benzene rings is 3. The quantitative estimate of drug-likeness (QED) is 0.264. The number of halogens is 2. The molecule has 0 saturated carbocycles. The number of ether oxygens (including phenoxy) is 2. The predicted octanol–water partition coefficient (Wildman–Crippen LogP) is 6.51. The molecule has 0 bridgehead atoms. The highest BCUT2D eigenvalue weighted by Crippen LogP contribution is 2.50. The molecule has 6 rings (SSSR count). The topological polar surface area (TPSA) is 96.8 Å². The van der Waals surface area contributed by atoms with Crippen molar-refractivity contribution in [3.8, 4) is 11.5 Å². The Labute approximate surface area is 241 Å². The highest BCUT2D eigenvalue weighted by molar-refractivity contribution is 6.08. The van der Waals surface area contributed by atoms with Crippen LogP contribution in [0.15, 0.2) is 90.7 Å². The number of para-hydroxylation sites is 1. The number of aromatic hydroxyl groups is 1. The van der Waals surface area contributed by atoms with Gasteiger partial charge in [0, 0.05) is 29.4 Å². The lowest BCUT2D eigenvalue weighted by Crippen LogP contribution is -2.39. The molecule has 4 aromatic rings. The fourth-order valence-electron chi connectivity index (χ4n) is 5.24. The fraction of sp³-hybridized carbons (Fsp3) is 0.219. The van der Waals surface area contributed by atoms with Crippen LogP contribution in [-0.4, -0.2) is 27.6 Å². The van der Waals surface area contributed by atoms with E-state index in [0.29, 0.717) is 41.4 Å². The van der Waals surface area contributed by atoms with Crippen LogP contribution in [0.1, 0.15) is 47.9 Å². The molecule has 3 heterocycles. The molecule has 1 aromatic heterocycles. The molecular weight excluding hydrogens is 542 g/mol. The molecule has 10 heteroatoms. The minimum atomic E-state index is -1.06. The van der Waals surface area contributed by atoms with Crippen molar-refractivity contribution >= 4 is 17.3 Å². The van der Waals surface area contributed by atoms with Crippen molar-refractivity contribution in [1.29, 1.82) is 0 Å². The second kappa shape index (κ2) is 10.8. The predicted molar refractivity (Wildman–Crippen MR) is 152 cm³/mol. The van der Waals surface area contributed by atoms with Gasteiger partial charge >= 0.3 is 0 Å². The van der Waals surface area contributed by atoms with E-state index in [1.54, 1.807) is 36.4 Å². The smallest absolute Gasteiger partial charge is 0.279 e. The lowest BCUT2D eigenvalue weighted by Gasteiger charge is -2.37. The molecule has 0 spiro atoms. The Morgan fingerprint density at radius 2 is 1.98 bits per heavy atom. The standard InChI is InChI=1S/C32H28F2N4O4/c1-32(2)15-24-30(42-18-32)29(22-10-9-21(14-23(22)34)41-17-19-5-3-6-20(33)13-19)38(31(40)25-16-35-11-12-36-25)26-7-4-8-27(39)28(26)37-24/h3-14,16,29,37,39H,15,17-18H2,1-2H3. The number of anilines is 2. The van der Waals surface area contributed by atoms with Crippen LogP contribution in [0.25, 0.3) is 0 Å². The first-order chi connectivity index (χ1) is 20.2. The third-order valence-electron chi connectivity index (χ3n) is 7.20. The molecule has 1 unspecified atom stereocenters. The van der Waals surface area contributed by atoms with E-state index < -0.39 is 23.6 Å². The van der Waals surface area contributed by atoms with Crippen LogP contribution in [0, 0.1) is 17.0 Å². The zero-order valence-corrected chi connectivity index (χ0v) is 23.0. The number of phenols is 1. The van der Waals surface area contributed by atoms with E-state index in [0.717, 1.165) is 0 Å². The zero-order valence-electron chi connectivity index (χ0n) is 23.0. The monoisotopic (exact) mass is 570 g/mol. The Morgan fingerprint density at radius 3 is 2.74 bits per heavy atom. The number of fused-ring (bicyclic) bond motifs is 1. The van der Waals surface area contributed by atoms with Gasteiger partial charge in [-0.2, -0.15) is 0 Å². The van der Waals surface area contributed by atoms with Crippen molar-refractivity contribution in [2.24, 2.45) is 5.41 Å². The summed E-state index contributed by atoms with van der Waals surface area (Å²) in [5.74, 6) is -1.08. The number of phenolic OH excluding ortho intramolecular Hbond substituents is 1. The van der Waals surface area contributed by atoms with E-state index in [1.807, 2.05) is 13.8 Å². The maximum atomic E-state index is 16.1. The summed E-state index contributed by atoms with van der Waals surface area (Å²) in [5, 5.41) is 14.2. The summed E-state index contributed by atoms with van der Waals surface area (Å²) < 4.78 is 41.8. The van der Waals surface area contributed by atoms with Gasteiger partial charge in [-0.3, -0.25) is 14.7 Å². The van der Waals surface area contributed by atoms with Crippen molar-refractivity contribution in [1.82, 2.24) is 9.97 Å². The van der Waals surface area contributed by atoms with Crippen molar-refractivity contribution in [2.45, 2.75) is 32.9 Å². The van der Waals surface area contributed by atoms with Gasteiger partial charge in [0.1, 0.15) is 52.9 Å². The number of allylic oxidation sites excluding steroid dienone is 1. The second-order valence-electron chi connectivity index (χ2n) is 11.0. The van der Waals surface area contributed by atoms with E-state index in [9.17, 15) is 14.3 Å². The fourth-order valence-corrected chi connectivity index (χ4v) is 5.24. The first-order valence-electron chi connectivity index (χ1n) is 13.4. The molecule has 0 saturated heterocycles. The molecule has 0 fully saturated rings. The van der Waals surface area contributed by atoms with Crippen LogP contribution < -0.4 is 15.0 Å². The van der Waals surface area contributed by atoms with E-state index in [4.69, 9.17) is 9.47 Å². The molecule has 42 heavy (non-hydrogen) atoms. The van der Waals surface area contributed by atoms with Gasteiger partial charge in [-0.1, -0.05) is 32.0 Å². The summed E-state index contributed by atoms with van der Waals surface area (Å²) in [5.41, 5.74) is 1.75. The van der Waals surface area contributed by atoms with Gasteiger partial charge < -0.3 is 19.9 Å². The maximum absolute atomic E-state index is 16.1. The number of nitrogens with zero attached hydrogens (tertiary/aromatic N) is 3. The summed E-state index contributed by atoms with van der Waals surface area (Å²) in [4.78, 5) is 23.7. The van der Waals surface area contributed by atoms with Gasteiger partial charge in [0.15, 0.2) is 0 Å². The molecule has 2 N–H and O–H groups in total. The van der Waals surface area contributed by atoms with Crippen LogP contribution in [0.2, 0.25) is 0 Å². The van der Waals surface area contributed by atoms with Crippen molar-refractivity contribution in [3.05, 3.63) is 119 Å². The number of carbonyl (C=O) groups excluding carboxylic acids is 1. The Kier molecular flexibility index (Phi) is 6.97. The van der Waals surface area contributed by atoms with E-state index in [-0.39, 0.29) is 34.8 Å². The van der Waals surface area contributed by atoms with Gasteiger partial charge in [-0.15, -0.1) is 0 Å². The van der Waals surface area contributed by atoms with Crippen molar-refractivity contribution in [2.75, 3.05) is 16.8 Å². The minimum Gasteiger partial charge on any atom is -0.506 e. The molecule has 1 amide bonds. The normalized spacial score (nSPS) is 17.3. The molecule has 214 valence electrons. The summed E-state index contributed by atoms with van der Waals surface area (Å²) >= 11 is 0. The van der Waals surface area contributed by atoms with Gasteiger partial charge in [0.2, 0.25) is 0 Å². The number of carbonyl (C=O) groups is 1. The number of amides is 1. The number of hydrogen-bond donors (Lipinski definition) is 2. The number of rotatable bonds is 5. The lowest BCUT2D eigenvalue weighted by atomic mass is 9.85. The first kappa shape index (κ1) is 27.2. The Hall–Kier alpha value is -4.99. The van der Waals surface area contributed by atoms with E-state index >= 15 is 4.39 Å². The number of nitrogens with one attached hydrogen (secondary N) is 1.